The van der Waals surface area contributed by atoms with E-state index < -0.39 is 0 Å². The number of likely N-dealkylation sites (N-methyl/N-ethyl adjacent to an activating group) is 1. The van der Waals surface area contributed by atoms with Gasteiger partial charge in [-0.25, -0.2) is 4.99 Å². The van der Waals surface area contributed by atoms with Gasteiger partial charge in [0.1, 0.15) is 5.75 Å². The maximum absolute atomic E-state index is 11.6. The molecule has 3 rings (SSSR count). The molecule has 0 aliphatic carbocycles. The summed E-state index contributed by atoms with van der Waals surface area (Å²) in [6.45, 7) is 12.0. The Bertz CT molecular complexity index is 718. The number of hydrogen-bond donors (Lipinski definition) is 2. The second kappa shape index (κ2) is 12.5. The first-order valence-electron chi connectivity index (χ1n) is 11.9. The van der Waals surface area contributed by atoms with E-state index >= 15 is 0 Å². The number of nitrogens with one attached hydrogen (secondary N) is 2. The highest BCUT2D eigenvalue weighted by Gasteiger charge is 2.26. The van der Waals surface area contributed by atoms with E-state index in [9.17, 15) is 4.79 Å². The number of hydrogen-bond acceptors (Lipinski definition) is 4. The number of nitrogens with zero attached hydrogens (tertiary/aromatic N) is 3. The second-order valence-electron chi connectivity index (χ2n) is 8.52. The van der Waals surface area contributed by atoms with E-state index in [-0.39, 0.29) is 12.5 Å². The van der Waals surface area contributed by atoms with Gasteiger partial charge in [-0.15, -0.1) is 0 Å². The normalized spacial score (nSPS) is 20.0. The number of ether oxygens (including phenoxy) is 1. The predicted molar refractivity (Wildman–Crippen MR) is 125 cm³/mol. The fourth-order valence-electron chi connectivity index (χ4n) is 4.40. The molecule has 0 saturated carbocycles. The Balaban J connectivity index is 1.53. The van der Waals surface area contributed by atoms with Crippen LogP contribution in [-0.4, -0.2) is 74.1 Å². The first kappa shape index (κ1) is 23.4. The van der Waals surface area contributed by atoms with Crippen LogP contribution in [0.1, 0.15) is 45.1 Å². The van der Waals surface area contributed by atoms with Gasteiger partial charge in [0.25, 0.3) is 5.91 Å². The topological polar surface area (TPSA) is 69.2 Å². The summed E-state index contributed by atoms with van der Waals surface area (Å²) >= 11 is 0. The number of guanidine groups is 1. The Morgan fingerprint density at radius 1 is 1.13 bits per heavy atom. The predicted octanol–water partition coefficient (Wildman–Crippen LogP) is 2.47. The molecule has 31 heavy (non-hydrogen) atoms. The van der Waals surface area contributed by atoms with Crippen LogP contribution in [0.5, 0.6) is 5.75 Å². The number of benzene rings is 1. The summed E-state index contributed by atoms with van der Waals surface area (Å²) in [5, 5.41) is 6.21. The van der Waals surface area contributed by atoms with Crippen molar-refractivity contribution < 1.29 is 9.53 Å². The molecule has 2 aliphatic heterocycles. The molecule has 2 heterocycles. The molecular weight excluding hydrogens is 390 g/mol. The zero-order valence-corrected chi connectivity index (χ0v) is 19.2. The van der Waals surface area contributed by atoms with Crippen molar-refractivity contribution in [2.24, 2.45) is 10.9 Å². The third-order valence-electron chi connectivity index (χ3n) is 5.94. The van der Waals surface area contributed by atoms with Gasteiger partial charge < -0.3 is 25.2 Å². The van der Waals surface area contributed by atoms with E-state index in [2.05, 4.69) is 33.4 Å². The SMILES string of the molecule is CCNC(=O)COc1cccc(CN=C(NCC)N2CCC(CN3CCCCC3)C2)c1. The van der Waals surface area contributed by atoms with Crippen LogP contribution in [0.3, 0.4) is 0 Å². The summed E-state index contributed by atoms with van der Waals surface area (Å²) in [6, 6.07) is 7.85. The van der Waals surface area contributed by atoms with Crippen molar-refractivity contribution in [3.63, 3.8) is 0 Å². The van der Waals surface area contributed by atoms with Gasteiger partial charge in [-0.05, 0) is 69.8 Å². The molecule has 0 spiro atoms. The Kier molecular flexibility index (Phi) is 9.46. The number of rotatable bonds is 9. The standard InChI is InChI=1S/C24H39N5O2/c1-3-25-23(30)19-31-22-10-8-9-20(15-22)16-27-24(26-4-2)29-14-11-21(18-29)17-28-12-6-5-7-13-28/h8-10,15,21H,3-7,11-14,16-19H2,1-2H3,(H,25,30)(H,26,27). The summed E-state index contributed by atoms with van der Waals surface area (Å²) in [6.07, 6.45) is 5.34. The largest absolute Gasteiger partial charge is 0.484 e. The fourth-order valence-corrected chi connectivity index (χ4v) is 4.40. The third kappa shape index (κ3) is 7.73. The molecule has 172 valence electrons. The molecule has 1 aromatic rings. The van der Waals surface area contributed by atoms with Crippen molar-refractivity contribution in [2.75, 3.05) is 52.4 Å². The molecule has 1 unspecified atom stereocenters. The van der Waals surface area contributed by atoms with E-state index in [1.807, 2.05) is 25.1 Å². The van der Waals surface area contributed by atoms with Crippen molar-refractivity contribution in [3.8, 4) is 5.75 Å². The molecule has 1 amide bonds. The van der Waals surface area contributed by atoms with Crippen LogP contribution < -0.4 is 15.4 Å². The van der Waals surface area contributed by atoms with Crippen LogP contribution in [0, 0.1) is 5.92 Å². The molecule has 0 bridgehead atoms. The van der Waals surface area contributed by atoms with Gasteiger partial charge in [-0.1, -0.05) is 18.6 Å². The lowest BCUT2D eigenvalue weighted by atomic mass is 10.1. The van der Waals surface area contributed by atoms with Gasteiger partial charge in [0, 0.05) is 32.7 Å². The second-order valence-corrected chi connectivity index (χ2v) is 8.52. The number of piperidine rings is 1. The lowest BCUT2D eigenvalue weighted by Gasteiger charge is -2.29. The van der Waals surface area contributed by atoms with E-state index in [0.717, 1.165) is 37.1 Å². The molecule has 2 fully saturated rings. The minimum atomic E-state index is -0.103. The average molecular weight is 430 g/mol. The Morgan fingerprint density at radius 3 is 2.71 bits per heavy atom. The lowest BCUT2D eigenvalue weighted by molar-refractivity contribution is -0.122. The molecule has 1 atom stereocenters. The van der Waals surface area contributed by atoms with E-state index in [0.29, 0.717) is 18.8 Å². The van der Waals surface area contributed by atoms with Crippen molar-refractivity contribution in [1.29, 1.82) is 0 Å². The van der Waals surface area contributed by atoms with Crippen molar-refractivity contribution in [2.45, 2.75) is 46.1 Å². The molecule has 2 N–H and O–H groups in total. The van der Waals surface area contributed by atoms with Gasteiger partial charge in [-0.3, -0.25) is 4.79 Å². The number of aliphatic imine (C=N–C) groups is 1. The Hall–Kier alpha value is -2.28. The van der Waals surface area contributed by atoms with E-state index in [1.54, 1.807) is 0 Å². The van der Waals surface area contributed by atoms with Crippen LogP contribution in [0.4, 0.5) is 0 Å². The maximum atomic E-state index is 11.6. The quantitative estimate of drug-likeness (QED) is 0.466. The zero-order valence-electron chi connectivity index (χ0n) is 19.2. The molecular formula is C24H39N5O2. The molecule has 2 saturated heterocycles. The Morgan fingerprint density at radius 2 is 1.94 bits per heavy atom. The highest BCUT2D eigenvalue weighted by Crippen LogP contribution is 2.20. The highest BCUT2D eigenvalue weighted by molar-refractivity contribution is 5.80. The highest BCUT2D eigenvalue weighted by atomic mass is 16.5. The summed E-state index contributed by atoms with van der Waals surface area (Å²) < 4.78 is 5.61. The molecule has 1 aromatic carbocycles. The van der Waals surface area contributed by atoms with Gasteiger partial charge in [0.15, 0.2) is 12.6 Å². The van der Waals surface area contributed by atoms with Gasteiger partial charge >= 0.3 is 0 Å². The minimum Gasteiger partial charge on any atom is -0.484 e. The number of likely N-dealkylation sites (tertiary alicyclic amines) is 2. The zero-order chi connectivity index (χ0) is 21.9. The summed E-state index contributed by atoms with van der Waals surface area (Å²) in [5.41, 5.74) is 1.08. The van der Waals surface area contributed by atoms with E-state index in [1.165, 1.54) is 45.3 Å². The van der Waals surface area contributed by atoms with Gasteiger partial charge in [-0.2, -0.15) is 0 Å². The minimum absolute atomic E-state index is 0.0371. The van der Waals surface area contributed by atoms with Crippen LogP contribution in [0.15, 0.2) is 29.3 Å². The summed E-state index contributed by atoms with van der Waals surface area (Å²) in [5.74, 6) is 2.32. The molecule has 0 radical (unpaired) electrons. The maximum Gasteiger partial charge on any atom is 0.257 e. The van der Waals surface area contributed by atoms with Crippen molar-refractivity contribution in [1.82, 2.24) is 20.4 Å². The first-order valence-corrected chi connectivity index (χ1v) is 11.9. The number of carbonyl (C=O) groups excluding carboxylic acids is 1. The van der Waals surface area contributed by atoms with Crippen LogP contribution >= 0.6 is 0 Å². The van der Waals surface area contributed by atoms with Crippen molar-refractivity contribution in [3.05, 3.63) is 29.8 Å². The average Bonchev–Trinajstić information content (AvgIpc) is 3.25. The van der Waals surface area contributed by atoms with Crippen molar-refractivity contribution >= 4 is 11.9 Å². The van der Waals surface area contributed by atoms with E-state index in [4.69, 9.17) is 9.73 Å². The third-order valence-corrected chi connectivity index (χ3v) is 5.94. The molecule has 7 heteroatoms. The molecule has 7 nitrogen and oxygen atoms in total. The van der Waals surface area contributed by atoms with Crippen LogP contribution in [-0.2, 0) is 11.3 Å². The van der Waals surface area contributed by atoms with Gasteiger partial charge in [0.05, 0.1) is 6.54 Å². The summed E-state index contributed by atoms with van der Waals surface area (Å²) in [4.78, 5) is 21.6. The first-order chi connectivity index (χ1) is 15.2. The molecule has 2 aliphatic rings. The monoisotopic (exact) mass is 429 g/mol. The molecule has 0 aromatic heterocycles. The Labute approximate surface area is 187 Å². The van der Waals surface area contributed by atoms with Crippen LogP contribution in [0.2, 0.25) is 0 Å². The number of carbonyl (C=O) groups is 1. The fraction of sp³-hybridized carbons (Fsp3) is 0.667. The lowest BCUT2D eigenvalue weighted by Crippen LogP contribution is -2.41. The smallest absolute Gasteiger partial charge is 0.257 e. The number of amides is 1. The van der Waals surface area contributed by atoms with Gasteiger partial charge in [0.2, 0.25) is 0 Å². The van der Waals surface area contributed by atoms with Crippen LogP contribution in [0.25, 0.3) is 0 Å². The summed E-state index contributed by atoms with van der Waals surface area (Å²) in [7, 11) is 0.